The van der Waals surface area contributed by atoms with Gasteiger partial charge in [-0.3, -0.25) is 0 Å². The molecule has 170 valence electrons. The first-order chi connectivity index (χ1) is 15.8. The van der Waals surface area contributed by atoms with Crippen molar-refractivity contribution in [2.75, 3.05) is 6.61 Å². The van der Waals surface area contributed by atoms with Crippen LogP contribution in [0.25, 0.3) is 34.3 Å². The Hall–Kier alpha value is -3.99. The van der Waals surface area contributed by atoms with Crippen molar-refractivity contribution in [2.45, 2.75) is 19.2 Å². The van der Waals surface area contributed by atoms with Crippen molar-refractivity contribution in [2.24, 2.45) is 0 Å². The highest BCUT2D eigenvalue weighted by molar-refractivity contribution is 5.76. The highest BCUT2D eigenvalue weighted by atomic mass is 19.4. The molecule has 4 rings (SSSR count). The molecule has 33 heavy (non-hydrogen) atoms. The van der Waals surface area contributed by atoms with Gasteiger partial charge in [0.15, 0.2) is 6.10 Å². The molecule has 2 aromatic heterocycles. The van der Waals surface area contributed by atoms with Gasteiger partial charge in [-0.2, -0.15) is 18.2 Å². The number of hydrogen-bond acceptors (Lipinski definition) is 8. The molecule has 0 spiro atoms. The lowest BCUT2D eigenvalue weighted by atomic mass is 10.1. The molecule has 8 nitrogen and oxygen atoms in total. The molecule has 0 bridgehead atoms. The quantitative estimate of drug-likeness (QED) is 0.414. The third kappa shape index (κ3) is 4.48. The van der Waals surface area contributed by atoms with Gasteiger partial charge in [0.2, 0.25) is 11.6 Å². The van der Waals surface area contributed by atoms with Crippen LogP contribution in [0.5, 0.6) is 0 Å². The lowest BCUT2D eigenvalue weighted by Gasteiger charge is -2.09. The van der Waals surface area contributed by atoms with Crippen LogP contribution in [-0.4, -0.2) is 33.0 Å². The number of aliphatic hydroxyl groups is 1. The molecule has 2 aromatic carbocycles. The standard InChI is InChI=1S/C22H16F3N3O5/c1-2-31-21(30)17(29)13-8-10-14(11-9-13)19-26-20(33-28-19)18-15(22(23,24)25)16(27-32-18)12-6-4-3-5-7-12/h3-11,17,29H,2H2,1H3. The van der Waals surface area contributed by atoms with E-state index in [-0.39, 0.29) is 23.6 Å². The minimum Gasteiger partial charge on any atom is -0.464 e. The Morgan fingerprint density at radius 2 is 1.73 bits per heavy atom. The number of rotatable bonds is 6. The first kappa shape index (κ1) is 22.2. The molecule has 0 radical (unpaired) electrons. The van der Waals surface area contributed by atoms with Crippen LogP contribution >= 0.6 is 0 Å². The molecular weight excluding hydrogens is 443 g/mol. The van der Waals surface area contributed by atoms with Gasteiger partial charge in [0.05, 0.1) is 6.61 Å². The van der Waals surface area contributed by atoms with E-state index in [0.717, 1.165) is 0 Å². The number of nitrogens with zero attached hydrogens (tertiary/aromatic N) is 3. The van der Waals surface area contributed by atoms with E-state index < -0.39 is 41.2 Å². The molecule has 0 amide bonds. The van der Waals surface area contributed by atoms with Crippen molar-refractivity contribution in [1.82, 2.24) is 15.3 Å². The van der Waals surface area contributed by atoms with E-state index in [4.69, 9.17) is 13.8 Å². The first-order valence-electron chi connectivity index (χ1n) is 9.71. The predicted octanol–water partition coefficient (Wildman–Crippen LogP) is 4.67. The van der Waals surface area contributed by atoms with Crippen molar-refractivity contribution in [3.8, 4) is 34.3 Å². The van der Waals surface area contributed by atoms with E-state index in [0.29, 0.717) is 5.56 Å². The number of aromatic nitrogens is 3. The van der Waals surface area contributed by atoms with Crippen LogP contribution in [-0.2, 0) is 15.7 Å². The van der Waals surface area contributed by atoms with Crippen LogP contribution in [0.4, 0.5) is 13.2 Å². The zero-order valence-electron chi connectivity index (χ0n) is 17.0. The number of ether oxygens (including phenoxy) is 1. The van der Waals surface area contributed by atoms with Crippen molar-refractivity contribution in [3.05, 3.63) is 65.7 Å². The van der Waals surface area contributed by atoms with Crippen molar-refractivity contribution in [3.63, 3.8) is 0 Å². The molecule has 0 aliphatic carbocycles. The molecule has 4 aromatic rings. The lowest BCUT2D eigenvalue weighted by molar-refractivity contribution is -0.153. The first-order valence-corrected chi connectivity index (χ1v) is 9.71. The molecule has 0 saturated heterocycles. The van der Waals surface area contributed by atoms with Gasteiger partial charge in [0, 0.05) is 11.1 Å². The summed E-state index contributed by atoms with van der Waals surface area (Å²) in [5.74, 6) is -2.02. The van der Waals surface area contributed by atoms with Crippen LogP contribution in [0.3, 0.4) is 0 Å². The van der Waals surface area contributed by atoms with Gasteiger partial charge >= 0.3 is 12.1 Å². The Morgan fingerprint density at radius 1 is 1.03 bits per heavy atom. The molecule has 1 N–H and O–H groups in total. The number of alkyl halides is 3. The summed E-state index contributed by atoms with van der Waals surface area (Å²) in [4.78, 5) is 15.7. The maximum Gasteiger partial charge on any atom is 0.422 e. The van der Waals surface area contributed by atoms with Crippen LogP contribution in [0.15, 0.2) is 63.6 Å². The van der Waals surface area contributed by atoms with Crippen LogP contribution in [0, 0.1) is 0 Å². The second kappa shape index (κ2) is 8.87. The molecule has 1 atom stereocenters. The zero-order valence-corrected chi connectivity index (χ0v) is 17.0. The summed E-state index contributed by atoms with van der Waals surface area (Å²) in [5, 5.41) is 17.3. The van der Waals surface area contributed by atoms with Crippen molar-refractivity contribution < 1.29 is 36.9 Å². The maximum absolute atomic E-state index is 13.8. The zero-order chi connectivity index (χ0) is 23.6. The van der Waals surface area contributed by atoms with E-state index in [1.165, 1.54) is 36.4 Å². The van der Waals surface area contributed by atoms with Gasteiger partial charge < -0.3 is 18.9 Å². The fourth-order valence-corrected chi connectivity index (χ4v) is 3.10. The smallest absolute Gasteiger partial charge is 0.422 e. The SMILES string of the molecule is CCOC(=O)C(O)c1ccc(-c2noc(-c3onc(-c4ccccc4)c3C(F)(F)F)n2)cc1. The number of benzene rings is 2. The molecule has 0 aliphatic heterocycles. The third-order valence-corrected chi connectivity index (χ3v) is 4.64. The van der Waals surface area contributed by atoms with Gasteiger partial charge in [0.1, 0.15) is 11.3 Å². The van der Waals surface area contributed by atoms with Gasteiger partial charge in [-0.25, -0.2) is 4.79 Å². The molecule has 2 heterocycles. The van der Waals surface area contributed by atoms with Gasteiger partial charge in [-0.1, -0.05) is 64.9 Å². The monoisotopic (exact) mass is 459 g/mol. The topological polar surface area (TPSA) is 111 Å². The molecule has 0 saturated carbocycles. The number of esters is 1. The normalized spacial score (nSPS) is 12.5. The van der Waals surface area contributed by atoms with Crippen LogP contribution in [0.2, 0.25) is 0 Å². The number of carbonyl (C=O) groups is 1. The summed E-state index contributed by atoms with van der Waals surface area (Å²) in [5.41, 5.74) is -0.661. The number of aliphatic hydroxyl groups excluding tert-OH is 1. The summed E-state index contributed by atoms with van der Waals surface area (Å²) in [6.45, 7) is 1.73. The highest BCUT2D eigenvalue weighted by Crippen LogP contribution is 2.43. The Kier molecular flexibility index (Phi) is 5.97. The molecule has 0 aliphatic rings. The molecule has 0 fully saturated rings. The Morgan fingerprint density at radius 3 is 2.36 bits per heavy atom. The second-order valence-corrected chi connectivity index (χ2v) is 6.80. The maximum atomic E-state index is 13.8. The average molecular weight is 459 g/mol. The van der Waals surface area contributed by atoms with Crippen molar-refractivity contribution >= 4 is 5.97 Å². The summed E-state index contributed by atoms with van der Waals surface area (Å²) >= 11 is 0. The Labute approximate surface area is 184 Å². The van der Waals surface area contributed by atoms with E-state index in [1.54, 1.807) is 25.1 Å². The average Bonchev–Trinajstić information content (AvgIpc) is 3.47. The summed E-state index contributed by atoms with van der Waals surface area (Å²) in [6, 6.07) is 13.6. The van der Waals surface area contributed by atoms with E-state index in [2.05, 4.69) is 15.3 Å². The fourth-order valence-electron chi connectivity index (χ4n) is 3.10. The molecular formula is C22H16F3N3O5. The predicted molar refractivity (Wildman–Crippen MR) is 107 cm³/mol. The van der Waals surface area contributed by atoms with Crippen molar-refractivity contribution in [1.29, 1.82) is 0 Å². The summed E-state index contributed by atoms with van der Waals surface area (Å²) in [7, 11) is 0. The van der Waals surface area contributed by atoms with Gasteiger partial charge in [-0.15, -0.1) is 0 Å². The van der Waals surface area contributed by atoms with E-state index in [1.807, 2.05) is 0 Å². The Balaban J connectivity index is 1.66. The van der Waals surface area contributed by atoms with E-state index in [9.17, 15) is 23.1 Å². The minimum absolute atomic E-state index is 0.0204. The van der Waals surface area contributed by atoms with Crippen LogP contribution in [0.1, 0.15) is 24.2 Å². The molecule has 1 unspecified atom stereocenters. The van der Waals surface area contributed by atoms with Crippen LogP contribution < -0.4 is 0 Å². The lowest BCUT2D eigenvalue weighted by Crippen LogP contribution is -2.15. The highest BCUT2D eigenvalue weighted by Gasteiger charge is 2.42. The number of hydrogen-bond donors (Lipinski definition) is 1. The third-order valence-electron chi connectivity index (χ3n) is 4.64. The Bertz CT molecular complexity index is 1250. The summed E-state index contributed by atoms with van der Waals surface area (Å²) in [6.07, 6.45) is -6.26. The second-order valence-electron chi connectivity index (χ2n) is 6.80. The fraction of sp³-hybridized carbons (Fsp3) is 0.182. The number of carbonyl (C=O) groups excluding carboxylic acids is 1. The largest absolute Gasteiger partial charge is 0.464 e. The van der Waals surface area contributed by atoms with Gasteiger partial charge in [-0.05, 0) is 12.5 Å². The minimum atomic E-state index is -4.79. The molecule has 11 heteroatoms. The van der Waals surface area contributed by atoms with E-state index >= 15 is 0 Å². The summed E-state index contributed by atoms with van der Waals surface area (Å²) < 4.78 is 56.2. The van der Waals surface area contributed by atoms with Gasteiger partial charge in [0.25, 0.3) is 5.89 Å². The number of halogens is 3.